The number of carbonyl (C=O) groups excluding carboxylic acids is 1. The molecule has 0 radical (unpaired) electrons. The molecule has 1 N–H and O–H groups in total. The summed E-state index contributed by atoms with van der Waals surface area (Å²) >= 11 is 3.31. The third kappa shape index (κ3) is 4.36. The zero-order valence-corrected chi connectivity index (χ0v) is 11.4. The average molecular weight is 303 g/mol. The van der Waals surface area contributed by atoms with Gasteiger partial charge in [-0.3, -0.25) is 0 Å². The maximum Gasteiger partial charge on any atom is 0.344 e. The summed E-state index contributed by atoms with van der Waals surface area (Å²) in [4.78, 5) is 11.2. The topological polar surface area (TPSA) is 55.8 Å². The number of benzene rings is 1. The van der Waals surface area contributed by atoms with Crippen molar-refractivity contribution >= 4 is 21.9 Å². The number of hydrogen-bond donors (Lipinski definition) is 1. The van der Waals surface area contributed by atoms with Crippen molar-refractivity contribution in [1.82, 2.24) is 0 Å². The highest BCUT2D eigenvalue weighted by molar-refractivity contribution is 9.10. The fourth-order valence-electron chi connectivity index (χ4n) is 1.32. The van der Waals surface area contributed by atoms with Crippen molar-refractivity contribution in [1.29, 1.82) is 0 Å². The van der Waals surface area contributed by atoms with Gasteiger partial charge in [-0.25, -0.2) is 4.79 Å². The van der Waals surface area contributed by atoms with Crippen LogP contribution < -0.4 is 4.74 Å². The third-order valence-corrected chi connectivity index (χ3v) is 2.57. The molecule has 0 fully saturated rings. The molecule has 0 saturated heterocycles. The maximum absolute atomic E-state index is 11.2. The van der Waals surface area contributed by atoms with Crippen LogP contribution in [0.4, 0.5) is 0 Å². The Bertz CT molecular complexity index is 390. The summed E-state index contributed by atoms with van der Waals surface area (Å²) in [6, 6.07) is 5.26. The highest BCUT2D eigenvalue weighted by Crippen LogP contribution is 2.28. The van der Waals surface area contributed by atoms with E-state index in [-0.39, 0.29) is 6.61 Å². The zero-order chi connectivity index (χ0) is 12.8. The van der Waals surface area contributed by atoms with E-state index in [9.17, 15) is 9.90 Å². The van der Waals surface area contributed by atoms with Gasteiger partial charge in [0, 0.05) is 10.0 Å². The Labute approximate surface area is 109 Å². The van der Waals surface area contributed by atoms with E-state index < -0.39 is 12.1 Å². The van der Waals surface area contributed by atoms with E-state index in [1.165, 1.54) is 0 Å². The van der Waals surface area contributed by atoms with Crippen LogP contribution in [0.3, 0.4) is 0 Å². The van der Waals surface area contributed by atoms with Crippen LogP contribution in [0, 0.1) is 0 Å². The largest absolute Gasteiger partial charge is 0.481 e. The summed E-state index contributed by atoms with van der Waals surface area (Å²) in [5.74, 6) is 0.0476. The molecule has 1 unspecified atom stereocenters. The van der Waals surface area contributed by atoms with E-state index >= 15 is 0 Å². The van der Waals surface area contributed by atoms with Gasteiger partial charge < -0.3 is 14.6 Å². The number of carbonyl (C=O) groups is 1. The fourth-order valence-corrected chi connectivity index (χ4v) is 1.66. The van der Waals surface area contributed by atoms with Gasteiger partial charge in [-0.15, -0.1) is 0 Å². The van der Waals surface area contributed by atoms with Crippen LogP contribution in [-0.2, 0) is 9.53 Å². The molecular weight excluding hydrogens is 288 g/mol. The van der Waals surface area contributed by atoms with Crippen LogP contribution in [-0.4, -0.2) is 24.3 Å². The molecule has 0 aliphatic rings. The lowest BCUT2D eigenvalue weighted by Gasteiger charge is -2.13. The molecular formula is C12H15BrO4. The Morgan fingerprint density at radius 3 is 2.82 bits per heavy atom. The first-order chi connectivity index (χ1) is 8.04. The molecule has 0 heterocycles. The highest BCUT2D eigenvalue weighted by atomic mass is 79.9. The molecule has 0 aliphatic heterocycles. The molecule has 0 aliphatic carbocycles. The Hall–Kier alpha value is -1.07. The first kappa shape index (κ1) is 14.0. The van der Waals surface area contributed by atoms with Crippen molar-refractivity contribution < 1.29 is 19.4 Å². The van der Waals surface area contributed by atoms with Crippen LogP contribution in [0.1, 0.15) is 25.5 Å². The second-order valence-corrected chi connectivity index (χ2v) is 4.37. The predicted octanol–water partition coefficient (Wildman–Crippen LogP) is 2.44. The van der Waals surface area contributed by atoms with Crippen molar-refractivity contribution in [2.75, 3.05) is 13.2 Å². The van der Waals surface area contributed by atoms with Gasteiger partial charge in [0.2, 0.25) is 0 Å². The molecule has 4 nitrogen and oxygen atoms in total. The van der Waals surface area contributed by atoms with E-state index in [0.717, 1.165) is 4.47 Å². The number of rotatable bonds is 5. The third-order valence-electron chi connectivity index (χ3n) is 2.08. The van der Waals surface area contributed by atoms with E-state index in [1.54, 1.807) is 32.0 Å². The van der Waals surface area contributed by atoms with Crippen molar-refractivity contribution in [3.63, 3.8) is 0 Å². The van der Waals surface area contributed by atoms with Crippen LogP contribution in [0.25, 0.3) is 0 Å². The SMILES string of the molecule is CCOC(=O)COc1cc(Br)ccc1C(C)O. The molecule has 1 aromatic carbocycles. The van der Waals surface area contributed by atoms with Crippen LogP contribution >= 0.6 is 15.9 Å². The second-order valence-electron chi connectivity index (χ2n) is 3.45. The van der Waals surface area contributed by atoms with E-state index in [2.05, 4.69) is 15.9 Å². The molecule has 94 valence electrons. The Balaban J connectivity index is 2.75. The predicted molar refractivity (Wildman–Crippen MR) is 66.9 cm³/mol. The number of ether oxygens (including phenoxy) is 2. The van der Waals surface area contributed by atoms with Gasteiger partial charge >= 0.3 is 5.97 Å². The smallest absolute Gasteiger partial charge is 0.344 e. The quantitative estimate of drug-likeness (QED) is 0.849. The monoisotopic (exact) mass is 302 g/mol. The Morgan fingerprint density at radius 1 is 1.53 bits per heavy atom. The van der Waals surface area contributed by atoms with Crippen molar-refractivity contribution in [3.8, 4) is 5.75 Å². The van der Waals surface area contributed by atoms with Gasteiger partial charge in [-0.1, -0.05) is 22.0 Å². The summed E-state index contributed by atoms with van der Waals surface area (Å²) in [6.45, 7) is 3.53. The number of esters is 1. The van der Waals surface area contributed by atoms with E-state index in [1.807, 2.05) is 0 Å². The minimum absolute atomic E-state index is 0.163. The van der Waals surface area contributed by atoms with Crippen molar-refractivity contribution in [2.24, 2.45) is 0 Å². The van der Waals surface area contributed by atoms with Gasteiger partial charge in [0.25, 0.3) is 0 Å². The van der Waals surface area contributed by atoms with Crippen molar-refractivity contribution in [2.45, 2.75) is 20.0 Å². The van der Waals surface area contributed by atoms with Gasteiger partial charge in [0.15, 0.2) is 6.61 Å². The van der Waals surface area contributed by atoms with Crippen LogP contribution in [0.2, 0.25) is 0 Å². The first-order valence-electron chi connectivity index (χ1n) is 5.30. The summed E-state index contributed by atoms with van der Waals surface area (Å²) in [6.07, 6.45) is -0.653. The number of halogens is 1. The summed E-state index contributed by atoms with van der Waals surface area (Å²) in [5.41, 5.74) is 0.637. The number of aliphatic hydroxyl groups is 1. The van der Waals surface area contributed by atoms with Gasteiger partial charge in [0.1, 0.15) is 5.75 Å². The lowest BCUT2D eigenvalue weighted by molar-refractivity contribution is -0.145. The van der Waals surface area contributed by atoms with Crippen LogP contribution in [0.15, 0.2) is 22.7 Å². The Kier molecular flexibility index (Phi) is 5.44. The second kappa shape index (κ2) is 6.61. The molecule has 17 heavy (non-hydrogen) atoms. The van der Waals surface area contributed by atoms with E-state index in [4.69, 9.17) is 9.47 Å². The van der Waals surface area contributed by atoms with Gasteiger partial charge in [0.05, 0.1) is 12.7 Å². The standard InChI is InChI=1S/C12H15BrO4/c1-3-16-12(15)7-17-11-6-9(13)4-5-10(11)8(2)14/h4-6,8,14H,3,7H2,1-2H3. The molecule has 5 heteroatoms. The fraction of sp³-hybridized carbons (Fsp3) is 0.417. The number of aliphatic hydroxyl groups excluding tert-OH is 1. The highest BCUT2D eigenvalue weighted by Gasteiger charge is 2.11. The molecule has 0 saturated carbocycles. The van der Waals surface area contributed by atoms with Crippen molar-refractivity contribution in [3.05, 3.63) is 28.2 Å². The molecule has 1 rings (SSSR count). The van der Waals surface area contributed by atoms with Gasteiger partial charge in [-0.2, -0.15) is 0 Å². The summed E-state index contributed by atoms with van der Waals surface area (Å²) < 4.78 is 10.9. The molecule has 1 atom stereocenters. The minimum Gasteiger partial charge on any atom is -0.481 e. The normalized spacial score (nSPS) is 12.0. The average Bonchev–Trinajstić information content (AvgIpc) is 2.26. The number of hydrogen-bond acceptors (Lipinski definition) is 4. The molecule has 0 spiro atoms. The minimum atomic E-state index is -0.653. The lowest BCUT2D eigenvalue weighted by atomic mass is 10.1. The molecule has 0 amide bonds. The summed E-state index contributed by atoms with van der Waals surface area (Å²) in [5, 5.41) is 9.55. The summed E-state index contributed by atoms with van der Waals surface area (Å²) in [7, 11) is 0. The Morgan fingerprint density at radius 2 is 2.24 bits per heavy atom. The molecule has 0 bridgehead atoms. The zero-order valence-electron chi connectivity index (χ0n) is 9.77. The van der Waals surface area contributed by atoms with Gasteiger partial charge in [-0.05, 0) is 26.0 Å². The van der Waals surface area contributed by atoms with Crippen LogP contribution in [0.5, 0.6) is 5.75 Å². The molecule has 1 aromatic rings. The maximum atomic E-state index is 11.2. The first-order valence-corrected chi connectivity index (χ1v) is 6.09. The lowest BCUT2D eigenvalue weighted by Crippen LogP contribution is -2.15. The van der Waals surface area contributed by atoms with E-state index in [0.29, 0.717) is 17.9 Å². The molecule has 0 aromatic heterocycles.